The van der Waals surface area contributed by atoms with Crippen LogP contribution in [-0.4, -0.2) is 34.4 Å². The van der Waals surface area contributed by atoms with E-state index in [-0.39, 0.29) is 34.3 Å². The quantitative estimate of drug-likeness (QED) is 0.278. The van der Waals surface area contributed by atoms with E-state index in [2.05, 4.69) is 0 Å². The third kappa shape index (κ3) is 3.71. The first kappa shape index (κ1) is 23.3. The molecule has 184 valence electrons. The van der Waals surface area contributed by atoms with Crippen molar-refractivity contribution in [2.45, 2.75) is 12.3 Å². The molecular weight excluding hydrogens is 464 g/mol. The molecule has 8 nitrogen and oxygen atoms in total. The number of fused-ring (bicyclic) bond motifs is 3. The molecule has 0 bridgehead atoms. The molecule has 0 aliphatic carbocycles. The Kier molecular flexibility index (Phi) is 6.01. The second-order valence-electron chi connectivity index (χ2n) is 8.19. The number of ether oxygens (including phenoxy) is 5. The van der Waals surface area contributed by atoms with Crippen molar-refractivity contribution in [2.24, 2.45) is 0 Å². The summed E-state index contributed by atoms with van der Waals surface area (Å²) in [5.74, 6) is 1.18. The Morgan fingerprint density at radius 1 is 0.806 bits per heavy atom. The van der Waals surface area contributed by atoms with Crippen molar-refractivity contribution in [3.63, 3.8) is 0 Å². The first-order valence-electron chi connectivity index (χ1n) is 11.2. The molecule has 1 aliphatic heterocycles. The van der Waals surface area contributed by atoms with E-state index in [9.17, 15) is 9.59 Å². The second-order valence-corrected chi connectivity index (χ2v) is 8.19. The molecule has 36 heavy (non-hydrogen) atoms. The first-order chi connectivity index (χ1) is 17.5. The summed E-state index contributed by atoms with van der Waals surface area (Å²) in [6, 6.07) is 15.8. The molecule has 0 fully saturated rings. The van der Waals surface area contributed by atoms with Gasteiger partial charge in [-0.2, -0.15) is 0 Å². The largest absolute Gasteiger partial charge is 0.496 e. The lowest BCUT2D eigenvalue weighted by Gasteiger charge is -2.28. The zero-order valence-corrected chi connectivity index (χ0v) is 20.2. The van der Waals surface area contributed by atoms with Crippen LogP contribution in [0.2, 0.25) is 0 Å². The number of methoxy groups -OCH3 is 4. The molecule has 0 saturated heterocycles. The Bertz CT molecular complexity index is 1520. The molecule has 2 heterocycles. The predicted molar refractivity (Wildman–Crippen MR) is 133 cm³/mol. The van der Waals surface area contributed by atoms with Crippen molar-refractivity contribution in [2.75, 3.05) is 28.4 Å². The molecule has 0 radical (unpaired) electrons. The standard InChI is InChI=1S/C28H24O8/c1-31-19-11-10-16(26(33-3)27(19)34-4)17-12-23(30)35-22-14-21(32-2)25-18(29)13-20(36-28(25)24(17)22)15-8-6-5-7-9-15/h5-11,13-14,17H,12H2,1-4H3/t17-/m1/s1. The van der Waals surface area contributed by atoms with Gasteiger partial charge in [0.25, 0.3) is 0 Å². The molecule has 8 heteroatoms. The molecule has 5 rings (SSSR count). The number of hydrogen-bond donors (Lipinski definition) is 0. The normalized spacial score (nSPS) is 14.7. The van der Waals surface area contributed by atoms with Gasteiger partial charge < -0.3 is 28.1 Å². The third-order valence-corrected chi connectivity index (χ3v) is 6.30. The van der Waals surface area contributed by atoms with E-state index in [0.717, 1.165) is 5.56 Å². The minimum atomic E-state index is -0.557. The van der Waals surface area contributed by atoms with E-state index >= 15 is 0 Å². The van der Waals surface area contributed by atoms with Gasteiger partial charge in [-0.1, -0.05) is 36.4 Å². The fraction of sp³-hybridized carbons (Fsp3) is 0.214. The van der Waals surface area contributed by atoms with Gasteiger partial charge in [-0.05, 0) is 6.07 Å². The van der Waals surface area contributed by atoms with E-state index in [4.69, 9.17) is 28.1 Å². The highest BCUT2D eigenvalue weighted by Gasteiger charge is 2.36. The Balaban J connectivity index is 1.85. The fourth-order valence-corrected chi connectivity index (χ4v) is 4.71. The molecule has 0 saturated carbocycles. The van der Waals surface area contributed by atoms with E-state index in [1.54, 1.807) is 12.1 Å². The fourth-order valence-electron chi connectivity index (χ4n) is 4.71. The highest BCUT2D eigenvalue weighted by atomic mass is 16.5. The van der Waals surface area contributed by atoms with Gasteiger partial charge in [-0.25, -0.2) is 0 Å². The predicted octanol–water partition coefficient (Wildman–Crippen LogP) is 4.94. The number of esters is 1. The lowest BCUT2D eigenvalue weighted by Crippen LogP contribution is -2.22. The zero-order chi connectivity index (χ0) is 25.4. The molecule has 1 atom stereocenters. The number of benzene rings is 3. The summed E-state index contributed by atoms with van der Waals surface area (Å²) < 4.78 is 34.2. The average molecular weight is 488 g/mol. The van der Waals surface area contributed by atoms with Gasteiger partial charge in [0.2, 0.25) is 5.75 Å². The highest BCUT2D eigenvalue weighted by molar-refractivity contribution is 5.93. The van der Waals surface area contributed by atoms with Crippen molar-refractivity contribution in [1.82, 2.24) is 0 Å². The minimum absolute atomic E-state index is 0.000449. The number of rotatable bonds is 6. The Morgan fingerprint density at radius 2 is 1.53 bits per heavy atom. The molecule has 4 aromatic rings. The molecule has 0 N–H and O–H groups in total. The van der Waals surface area contributed by atoms with E-state index < -0.39 is 11.9 Å². The average Bonchev–Trinajstić information content (AvgIpc) is 2.91. The molecule has 0 spiro atoms. The molecule has 1 aliphatic rings. The van der Waals surface area contributed by atoms with Crippen molar-refractivity contribution in [1.29, 1.82) is 0 Å². The van der Waals surface area contributed by atoms with Gasteiger partial charge in [-0.3, -0.25) is 9.59 Å². The van der Waals surface area contributed by atoms with Crippen LogP contribution in [0, 0.1) is 0 Å². The summed E-state index contributed by atoms with van der Waals surface area (Å²) in [5.41, 5.74) is 1.95. The van der Waals surface area contributed by atoms with Gasteiger partial charge in [0.05, 0.1) is 34.9 Å². The lowest BCUT2D eigenvalue weighted by molar-refractivity contribution is -0.135. The van der Waals surface area contributed by atoms with Crippen LogP contribution in [0.15, 0.2) is 63.8 Å². The minimum Gasteiger partial charge on any atom is -0.496 e. The molecular formula is C28H24O8. The summed E-state index contributed by atoms with van der Waals surface area (Å²) in [4.78, 5) is 26.1. The van der Waals surface area contributed by atoms with E-state index in [0.29, 0.717) is 34.1 Å². The molecule has 0 unspecified atom stereocenters. The smallest absolute Gasteiger partial charge is 0.312 e. The maximum absolute atomic E-state index is 13.3. The van der Waals surface area contributed by atoms with Gasteiger partial charge in [0, 0.05) is 34.7 Å². The summed E-state index contributed by atoms with van der Waals surface area (Å²) in [6.07, 6.45) is -0.000449. The van der Waals surface area contributed by atoms with E-state index in [1.165, 1.54) is 34.5 Å². The lowest BCUT2D eigenvalue weighted by atomic mass is 9.84. The van der Waals surface area contributed by atoms with Crippen LogP contribution < -0.4 is 29.1 Å². The van der Waals surface area contributed by atoms with Gasteiger partial charge >= 0.3 is 5.97 Å². The van der Waals surface area contributed by atoms with Crippen molar-refractivity contribution in [3.8, 4) is 40.1 Å². The molecule has 1 aromatic heterocycles. The Labute approximate surface area is 206 Å². The monoisotopic (exact) mass is 488 g/mol. The van der Waals surface area contributed by atoms with Crippen LogP contribution >= 0.6 is 0 Å². The van der Waals surface area contributed by atoms with Gasteiger partial charge in [0.15, 0.2) is 16.9 Å². The molecule has 3 aromatic carbocycles. The first-order valence-corrected chi connectivity index (χ1v) is 11.2. The summed E-state index contributed by atoms with van der Waals surface area (Å²) in [6.45, 7) is 0. The maximum atomic E-state index is 13.3. The zero-order valence-electron chi connectivity index (χ0n) is 20.2. The van der Waals surface area contributed by atoms with Crippen LogP contribution in [0.1, 0.15) is 23.5 Å². The van der Waals surface area contributed by atoms with Crippen LogP contribution in [0.25, 0.3) is 22.3 Å². The summed E-state index contributed by atoms with van der Waals surface area (Å²) >= 11 is 0. The van der Waals surface area contributed by atoms with Gasteiger partial charge in [0.1, 0.15) is 28.2 Å². The van der Waals surface area contributed by atoms with E-state index in [1.807, 2.05) is 36.4 Å². The Morgan fingerprint density at radius 3 is 2.19 bits per heavy atom. The van der Waals surface area contributed by atoms with Crippen molar-refractivity contribution < 1.29 is 32.9 Å². The van der Waals surface area contributed by atoms with Crippen molar-refractivity contribution >= 4 is 16.9 Å². The second kappa shape index (κ2) is 9.30. The van der Waals surface area contributed by atoms with Crippen LogP contribution in [-0.2, 0) is 4.79 Å². The Hall–Kier alpha value is -4.46. The SMILES string of the molecule is COc1ccc([C@H]2CC(=O)Oc3cc(OC)c4c(=O)cc(-c5ccccc5)oc4c32)c(OC)c1OC. The summed E-state index contributed by atoms with van der Waals surface area (Å²) in [5, 5.41) is 0.262. The topological polar surface area (TPSA) is 93.4 Å². The molecule has 0 amide bonds. The van der Waals surface area contributed by atoms with Crippen molar-refractivity contribution in [3.05, 3.63) is 75.9 Å². The van der Waals surface area contributed by atoms with Gasteiger partial charge in [-0.15, -0.1) is 0 Å². The van der Waals surface area contributed by atoms with Crippen LogP contribution in [0.3, 0.4) is 0 Å². The third-order valence-electron chi connectivity index (χ3n) is 6.30. The maximum Gasteiger partial charge on any atom is 0.312 e. The van der Waals surface area contributed by atoms with Crippen LogP contribution in [0.5, 0.6) is 28.7 Å². The van der Waals surface area contributed by atoms with Crippen LogP contribution in [0.4, 0.5) is 0 Å². The highest BCUT2D eigenvalue weighted by Crippen LogP contribution is 2.51. The number of carbonyl (C=O) groups is 1. The summed E-state index contributed by atoms with van der Waals surface area (Å²) in [7, 11) is 6.01. The number of hydrogen-bond acceptors (Lipinski definition) is 8. The number of carbonyl (C=O) groups excluding carboxylic acids is 1.